The molecule has 0 saturated heterocycles. The Hall–Kier alpha value is -2.38. The molecule has 7 heteroatoms. The minimum atomic E-state index is -3.80. The van der Waals surface area contributed by atoms with Crippen LogP contribution in [0.4, 0.5) is 5.69 Å². The van der Waals surface area contributed by atoms with Gasteiger partial charge >= 0.3 is 0 Å². The van der Waals surface area contributed by atoms with Crippen molar-refractivity contribution in [2.24, 2.45) is 5.92 Å². The molecule has 1 heterocycles. The van der Waals surface area contributed by atoms with Gasteiger partial charge in [-0.1, -0.05) is 58.9 Å². The molecule has 0 spiro atoms. The Kier molecular flexibility index (Phi) is 5.74. The first-order valence-corrected chi connectivity index (χ1v) is 11.2. The number of ether oxygens (including phenoxy) is 1. The van der Waals surface area contributed by atoms with E-state index < -0.39 is 10.0 Å². The van der Waals surface area contributed by atoms with E-state index in [1.54, 1.807) is 6.07 Å². The van der Waals surface area contributed by atoms with Crippen LogP contribution in [0.25, 0.3) is 0 Å². The summed E-state index contributed by atoms with van der Waals surface area (Å²) in [6.45, 7) is 10.3. The molecule has 1 amide bonds. The number of sulfonamides is 1. The van der Waals surface area contributed by atoms with Crippen LogP contribution in [-0.2, 0) is 20.2 Å². The monoisotopic (exact) mass is 416 g/mol. The molecule has 1 aliphatic heterocycles. The van der Waals surface area contributed by atoms with Crippen LogP contribution in [0, 0.1) is 5.92 Å². The molecule has 0 fully saturated rings. The smallest absolute Gasteiger partial charge is 0.262 e. The normalized spacial score (nSPS) is 15.4. The Morgan fingerprint density at radius 1 is 1.07 bits per heavy atom. The first-order chi connectivity index (χ1) is 13.5. The molecule has 2 aromatic carbocycles. The summed E-state index contributed by atoms with van der Waals surface area (Å²) in [4.78, 5) is 11.6. The van der Waals surface area contributed by atoms with Gasteiger partial charge in [0.2, 0.25) is 10.0 Å². The Morgan fingerprint density at radius 2 is 1.72 bits per heavy atom. The van der Waals surface area contributed by atoms with Crippen molar-refractivity contribution in [1.82, 2.24) is 4.72 Å². The zero-order valence-corrected chi connectivity index (χ0v) is 18.3. The first-order valence-electron chi connectivity index (χ1n) is 9.67. The maximum atomic E-state index is 13.0. The molecule has 6 nitrogen and oxygen atoms in total. The van der Waals surface area contributed by atoms with E-state index in [0.717, 1.165) is 5.56 Å². The molecule has 1 aliphatic rings. The number of anilines is 1. The fourth-order valence-corrected chi connectivity index (χ4v) is 4.64. The van der Waals surface area contributed by atoms with E-state index >= 15 is 0 Å². The standard InChI is InChI=1S/C22H28N2O4S/c1-14(2)21(15-6-8-16(9-7-15)22(3,4)5)24-29(26,27)17-10-11-19-18(12-17)23-20(25)13-28-19/h6-12,14,21,24H,13H2,1-5H3,(H,23,25). The summed E-state index contributed by atoms with van der Waals surface area (Å²) in [6.07, 6.45) is 0. The van der Waals surface area contributed by atoms with Crippen LogP contribution in [-0.4, -0.2) is 20.9 Å². The average Bonchev–Trinajstić information content (AvgIpc) is 2.64. The van der Waals surface area contributed by atoms with Crippen LogP contribution >= 0.6 is 0 Å². The van der Waals surface area contributed by atoms with E-state index in [9.17, 15) is 13.2 Å². The van der Waals surface area contributed by atoms with Gasteiger partial charge in [0.15, 0.2) is 6.61 Å². The minimum Gasteiger partial charge on any atom is -0.482 e. The predicted molar refractivity (Wildman–Crippen MR) is 114 cm³/mol. The van der Waals surface area contributed by atoms with Crippen LogP contribution in [0.2, 0.25) is 0 Å². The molecule has 3 rings (SSSR count). The Morgan fingerprint density at radius 3 is 2.31 bits per heavy atom. The van der Waals surface area contributed by atoms with Crippen LogP contribution in [0.1, 0.15) is 51.8 Å². The summed E-state index contributed by atoms with van der Waals surface area (Å²) < 4.78 is 34.2. The number of amides is 1. The van der Waals surface area contributed by atoms with E-state index in [-0.39, 0.29) is 34.8 Å². The van der Waals surface area contributed by atoms with Gasteiger partial charge in [-0.3, -0.25) is 4.79 Å². The number of benzene rings is 2. The Labute approximate surface area is 172 Å². The summed E-state index contributed by atoms with van der Waals surface area (Å²) in [5.74, 6) is 0.201. The number of hydrogen-bond donors (Lipinski definition) is 2. The molecule has 0 saturated carbocycles. The summed E-state index contributed by atoms with van der Waals surface area (Å²) >= 11 is 0. The third-order valence-corrected chi connectivity index (χ3v) is 6.42. The number of rotatable bonds is 5. The number of nitrogens with one attached hydrogen (secondary N) is 2. The van der Waals surface area contributed by atoms with Crippen LogP contribution < -0.4 is 14.8 Å². The van der Waals surface area contributed by atoms with E-state index in [4.69, 9.17) is 4.74 Å². The highest BCUT2D eigenvalue weighted by Crippen LogP contribution is 2.32. The Balaban J connectivity index is 1.88. The van der Waals surface area contributed by atoms with Gasteiger partial charge in [0.05, 0.1) is 10.6 Å². The van der Waals surface area contributed by atoms with E-state index in [2.05, 4.69) is 30.8 Å². The van der Waals surface area contributed by atoms with E-state index in [0.29, 0.717) is 11.4 Å². The number of fused-ring (bicyclic) bond motifs is 1. The predicted octanol–water partition coefficient (Wildman–Crippen LogP) is 3.99. The molecule has 156 valence electrons. The van der Waals surface area contributed by atoms with Crippen LogP contribution in [0.5, 0.6) is 5.75 Å². The minimum absolute atomic E-state index is 0.0288. The quantitative estimate of drug-likeness (QED) is 0.772. The lowest BCUT2D eigenvalue weighted by molar-refractivity contribution is -0.118. The highest BCUT2D eigenvalue weighted by Gasteiger charge is 2.26. The molecule has 29 heavy (non-hydrogen) atoms. The van der Waals surface area contributed by atoms with Crippen molar-refractivity contribution in [3.8, 4) is 5.75 Å². The fraction of sp³-hybridized carbons (Fsp3) is 0.409. The summed E-state index contributed by atoms with van der Waals surface area (Å²) in [7, 11) is -3.80. The lowest BCUT2D eigenvalue weighted by Crippen LogP contribution is -2.32. The highest BCUT2D eigenvalue weighted by atomic mass is 32.2. The molecule has 0 bridgehead atoms. The van der Waals surface area contributed by atoms with Crippen LogP contribution in [0.15, 0.2) is 47.4 Å². The third kappa shape index (κ3) is 4.79. The lowest BCUT2D eigenvalue weighted by Gasteiger charge is -2.25. The van der Waals surface area contributed by atoms with Gasteiger partial charge in [-0.15, -0.1) is 0 Å². The van der Waals surface area contributed by atoms with Crippen molar-refractivity contribution < 1.29 is 17.9 Å². The van der Waals surface area contributed by atoms with Gasteiger partial charge in [-0.05, 0) is 40.7 Å². The van der Waals surface area contributed by atoms with Gasteiger partial charge in [0, 0.05) is 6.04 Å². The molecule has 0 aromatic heterocycles. The van der Waals surface area contributed by atoms with E-state index in [1.165, 1.54) is 17.7 Å². The average molecular weight is 417 g/mol. The Bertz CT molecular complexity index is 1010. The first kappa shape index (κ1) is 21.3. The summed E-state index contributed by atoms with van der Waals surface area (Å²) in [6, 6.07) is 12.1. The van der Waals surface area contributed by atoms with Crippen molar-refractivity contribution in [3.05, 3.63) is 53.6 Å². The molecule has 0 aliphatic carbocycles. The van der Waals surface area contributed by atoms with Crippen molar-refractivity contribution in [3.63, 3.8) is 0 Å². The number of hydrogen-bond acceptors (Lipinski definition) is 4. The molecular formula is C22H28N2O4S. The fourth-order valence-electron chi connectivity index (χ4n) is 3.24. The molecule has 1 atom stereocenters. The number of carbonyl (C=O) groups excluding carboxylic acids is 1. The zero-order chi connectivity index (χ0) is 21.4. The molecule has 2 N–H and O–H groups in total. The SMILES string of the molecule is CC(C)C(NS(=O)(=O)c1ccc2c(c1)NC(=O)CO2)c1ccc(C(C)(C)C)cc1. The topological polar surface area (TPSA) is 84.5 Å². The number of carbonyl (C=O) groups is 1. The summed E-state index contributed by atoms with van der Waals surface area (Å²) in [5, 5.41) is 2.64. The van der Waals surface area contributed by atoms with Crippen molar-refractivity contribution in [2.45, 2.75) is 51.0 Å². The third-order valence-electron chi connectivity index (χ3n) is 4.98. The largest absolute Gasteiger partial charge is 0.482 e. The van der Waals surface area contributed by atoms with E-state index in [1.807, 2.05) is 38.1 Å². The van der Waals surface area contributed by atoms with Crippen LogP contribution in [0.3, 0.4) is 0 Å². The van der Waals surface area contributed by atoms with Crippen molar-refractivity contribution in [2.75, 3.05) is 11.9 Å². The van der Waals surface area contributed by atoms with Gasteiger partial charge in [0.1, 0.15) is 5.75 Å². The zero-order valence-electron chi connectivity index (χ0n) is 17.4. The second-order valence-electron chi connectivity index (χ2n) is 8.71. The maximum absolute atomic E-state index is 13.0. The molecule has 0 radical (unpaired) electrons. The molecule has 1 unspecified atom stereocenters. The van der Waals surface area contributed by atoms with Crippen molar-refractivity contribution in [1.29, 1.82) is 0 Å². The second kappa shape index (κ2) is 7.80. The summed E-state index contributed by atoms with van der Waals surface area (Å²) in [5.41, 5.74) is 2.49. The maximum Gasteiger partial charge on any atom is 0.262 e. The van der Waals surface area contributed by atoms with Gasteiger partial charge in [-0.25, -0.2) is 13.1 Å². The molecule has 2 aromatic rings. The van der Waals surface area contributed by atoms with Crippen molar-refractivity contribution >= 4 is 21.6 Å². The van der Waals surface area contributed by atoms with Gasteiger partial charge in [-0.2, -0.15) is 0 Å². The van der Waals surface area contributed by atoms with Gasteiger partial charge in [0.25, 0.3) is 5.91 Å². The lowest BCUT2D eigenvalue weighted by atomic mass is 9.85. The molecular weight excluding hydrogens is 388 g/mol. The second-order valence-corrected chi connectivity index (χ2v) is 10.4. The van der Waals surface area contributed by atoms with Gasteiger partial charge < -0.3 is 10.1 Å². The highest BCUT2D eigenvalue weighted by molar-refractivity contribution is 7.89.